The van der Waals surface area contributed by atoms with Crippen molar-refractivity contribution >= 4 is 15.9 Å². The van der Waals surface area contributed by atoms with Crippen molar-refractivity contribution in [1.29, 1.82) is 0 Å². The molecule has 1 N–H and O–H groups in total. The van der Waals surface area contributed by atoms with Gasteiger partial charge in [0.1, 0.15) is 0 Å². The van der Waals surface area contributed by atoms with Gasteiger partial charge in [0.25, 0.3) is 0 Å². The van der Waals surface area contributed by atoms with E-state index in [2.05, 4.69) is 0 Å². The topological polar surface area (TPSA) is 71.4 Å². The molecule has 0 spiro atoms. The normalized spacial score (nSPS) is 11.3. The smallest absolute Gasteiger partial charge is 0.289 e. The zero-order chi connectivity index (χ0) is 16.8. The SMILES string of the molecule is O=C(c1ccccc1)c1ccccc1.O=S(=O)(O)C(F)(F)F. The number of carbonyl (C=O) groups is 1. The molecule has 4 nitrogen and oxygen atoms in total. The van der Waals surface area contributed by atoms with Gasteiger partial charge in [-0.3, -0.25) is 9.35 Å². The van der Waals surface area contributed by atoms with Crippen LogP contribution in [0.4, 0.5) is 13.2 Å². The standard InChI is InChI=1S/C13H10O.CHF3O3S/c14-13(11-7-3-1-4-8-11)12-9-5-2-6-10-12;2-1(3,4)8(5,6)7/h1-10H;(H,5,6,7). The number of carbonyl (C=O) groups excluding carboxylic acids is 1. The summed E-state index contributed by atoms with van der Waals surface area (Å²) in [7, 11) is -5.84. The molecule has 0 saturated carbocycles. The molecule has 0 aliphatic rings. The Balaban J connectivity index is 0.000000261. The van der Waals surface area contributed by atoms with Crippen LogP contribution in [0.3, 0.4) is 0 Å². The highest BCUT2D eigenvalue weighted by molar-refractivity contribution is 7.86. The average Bonchev–Trinajstić information content (AvgIpc) is 2.47. The van der Waals surface area contributed by atoms with Gasteiger partial charge < -0.3 is 0 Å². The molecule has 0 atom stereocenters. The second kappa shape index (κ2) is 7.19. The first-order valence-corrected chi connectivity index (χ1v) is 7.25. The lowest BCUT2D eigenvalue weighted by atomic mass is 10.0. The first kappa shape index (κ1) is 17.9. The van der Waals surface area contributed by atoms with Gasteiger partial charge in [0.05, 0.1) is 0 Å². The molecule has 2 aromatic rings. The number of halogens is 3. The van der Waals surface area contributed by atoms with Crippen LogP contribution in [0.15, 0.2) is 60.7 Å². The van der Waals surface area contributed by atoms with E-state index in [4.69, 9.17) is 13.0 Å². The van der Waals surface area contributed by atoms with Crippen LogP contribution >= 0.6 is 0 Å². The van der Waals surface area contributed by atoms with Crippen molar-refractivity contribution < 1.29 is 30.9 Å². The molecule has 0 fully saturated rings. The van der Waals surface area contributed by atoms with Gasteiger partial charge in [0.2, 0.25) is 0 Å². The third-order valence-corrected chi connectivity index (χ3v) is 2.95. The van der Waals surface area contributed by atoms with E-state index in [1.165, 1.54) is 0 Å². The Kier molecular flexibility index (Phi) is 5.84. The van der Waals surface area contributed by atoms with E-state index in [-0.39, 0.29) is 5.78 Å². The fraction of sp³-hybridized carbons (Fsp3) is 0.0714. The van der Waals surface area contributed by atoms with Gasteiger partial charge in [-0.1, -0.05) is 60.7 Å². The van der Waals surface area contributed by atoms with E-state index in [1.54, 1.807) is 0 Å². The Morgan fingerprint density at radius 1 is 0.818 bits per heavy atom. The molecule has 118 valence electrons. The highest BCUT2D eigenvalue weighted by atomic mass is 32.2. The second-order valence-corrected chi connectivity index (χ2v) is 5.40. The molecular weight excluding hydrogens is 321 g/mol. The average molecular weight is 332 g/mol. The van der Waals surface area contributed by atoms with Crippen molar-refractivity contribution in [3.05, 3.63) is 71.8 Å². The van der Waals surface area contributed by atoms with Crippen molar-refractivity contribution in [1.82, 2.24) is 0 Å². The summed E-state index contributed by atoms with van der Waals surface area (Å²) in [5.41, 5.74) is -4.06. The molecule has 0 heterocycles. The van der Waals surface area contributed by atoms with Crippen LogP contribution in [0.1, 0.15) is 15.9 Å². The van der Waals surface area contributed by atoms with Crippen LogP contribution in [0.2, 0.25) is 0 Å². The third-order valence-electron chi connectivity index (χ3n) is 2.36. The summed E-state index contributed by atoms with van der Waals surface area (Å²) in [5.74, 6) is 0.0752. The first-order chi connectivity index (χ1) is 10.1. The summed E-state index contributed by atoms with van der Waals surface area (Å²) in [6.07, 6.45) is 0. The van der Waals surface area contributed by atoms with Gasteiger partial charge in [-0.05, 0) is 0 Å². The second-order valence-electron chi connectivity index (χ2n) is 3.98. The molecule has 8 heteroatoms. The third kappa shape index (κ3) is 5.30. The lowest BCUT2D eigenvalue weighted by Crippen LogP contribution is -2.21. The van der Waals surface area contributed by atoms with E-state index in [0.717, 1.165) is 11.1 Å². The largest absolute Gasteiger partial charge is 0.522 e. The minimum Gasteiger partial charge on any atom is -0.289 e. The number of ketones is 1. The quantitative estimate of drug-likeness (QED) is 0.520. The van der Waals surface area contributed by atoms with Crippen LogP contribution in [-0.2, 0) is 10.1 Å². The van der Waals surface area contributed by atoms with Gasteiger partial charge in [-0.2, -0.15) is 21.6 Å². The predicted octanol–water partition coefficient (Wildman–Crippen LogP) is 3.31. The Bertz CT molecular complexity index is 669. The van der Waals surface area contributed by atoms with E-state index < -0.39 is 15.6 Å². The van der Waals surface area contributed by atoms with Gasteiger partial charge in [-0.15, -0.1) is 0 Å². The van der Waals surface area contributed by atoms with Crippen LogP contribution < -0.4 is 0 Å². The van der Waals surface area contributed by atoms with Gasteiger partial charge in [-0.25, -0.2) is 0 Å². The molecule has 2 aromatic carbocycles. The number of rotatable bonds is 2. The van der Waals surface area contributed by atoms with Gasteiger partial charge in [0.15, 0.2) is 5.78 Å². The van der Waals surface area contributed by atoms with Crippen LogP contribution in [-0.4, -0.2) is 24.3 Å². The molecule has 0 bridgehead atoms. The summed E-state index contributed by atoms with van der Waals surface area (Å²) in [5, 5.41) is 0. The van der Waals surface area contributed by atoms with Crippen LogP contribution in [0, 0.1) is 0 Å². The molecule has 0 aromatic heterocycles. The highest BCUT2D eigenvalue weighted by Crippen LogP contribution is 2.20. The first-order valence-electron chi connectivity index (χ1n) is 5.81. The number of benzene rings is 2. The summed E-state index contributed by atoms with van der Waals surface area (Å²) in [6.45, 7) is 0. The molecule has 0 radical (unpaired) electrons. The van der Waals surface area contributed by atoms with Crippen molar-refractivity contribution in [2.45, 2.75) is 5.51 Å². The Morgan fingerprint density at radius 2 is 1.09 bits per heavy atom. The zero-order valence-corrected chi connectivity index (χ0v) is 11.8. The van der Waals surface area contributed by atoms with E-state index in [1.807, 2.05) is 60.7 Å². The fourth-order valence-corrected chi connectivity index (χ4v) is 1.35. The lowest BCUT2D eigenvalue weighted by molar-refractivity contribution is -0.0510. The maximum Gasteiger partial charge on any atom is 0.522 e. The highest BCUT2D eigenvalue weighted by Gasteiger charge is 2.44. The number of hydrogen-bond acceptors (Lipinski definition) is 3. The molecule has 2 rings (SSSR count). The molecule has 0 aliphatic carbocycles. The minimum absolute atomic E-state index is 0.0752. The van der Waals surface area contributed by atoms with Crippen molar-refractivity contribution in [3.63, 3.8) is 0 Å². The van der Waals surface area contributed by atoms with Crippen LogP contribution in [0.5, 0.6) is 0 Å². The predicted molar refractivity (Wildman–Crippen MR) is 73.9 cm³/mol. The van der Waals surface area contributed by atoms with E-state index >= 15 is 0 Å². The molecule has 0 saturated heterocycles. The van der Waals surface area contributed by atoms with Gasteiger partial charge in [0, 0.05) is 11.1 Å². The Labute approximate surface area is 125 Å². The fourth-order valence-electron chi connectivity index (χ4n) is 1.35. The molecule has 0 unspecified atom stereocenters. The summed E-state index contributed by atoms with van der Waals surface area (Å²) in [6, 6.07) is 18.6. The summed E-state index contributed by atoms with van der Waals surface area (Å²) in [4.78, 5) is 11.8. The molecule has 0 aliphatic heterocycles. The minimum atomic E-state index is -5.84. The van der Waals surface area contributed by atoms with Gasteiger partial charge >= 0.3 is 15.6 Å². The number of hydrogen-bond donors (Lipinski definition) is 1. The van der Waals surface area contributed by atoms with E-state index in [0.29, 0.717) is 0 Å². The monoisotopic (exact) mass is 332 g/mol. The van der Waals surface area contributed by atoms with Crippen molar-refractivity contribution in [3.8, 4) is 0 Å². The maximum absolute atomic E-state index is 11.8. The summed E-state index contributed by atoms with van der Waals surface area (Å²) < 4.78 is 57.5. The van der Waals surface area contributed by atoms with Crippen LogP contribution in [0.25, 0.3) is 0 Å². The lowest BCUT2D eigenvalue weighted by Gasteiger charge is -1.99. The molecule has 22 heavy (non-hydrogen) atoms. The maximum atomic E-state index is 11.8. The van der Waals surface area contributed by atoms with Crippen molar-refractivity contribution in [2.75, 3.05) is 0 Å². The Morgan fingerprint density at radius 3 is 1.32 bits per heavy atom. The van der Waals surface area contributed by atoms with Crippen molar-refractivity contribution in [2.24, 2.45) is 0 Å². The molecular formula is C14H11F3O4S. The Hall–Kier alpha value is -2.19. The summed E-state index contributed by atoms with van der Waals surface area (Å²) >= 11 is 0. The molecule has 0 amide bonds. The zero-order valence-electron chi connectivity index (χ0n) is 11.0. The number of alkyl halides is 3. The van der Waals surface area contributed by atoms with E-state index in [9.17, 15) is 18.0 Å².